The predicted octanol–water partition coefficient (Wildman–Crippen LogP) is 1.64. The molecule has 2 rings (SSSR count). The first kappa shape index (κ1) is 16.7. The summed E-state index contributed by atoms with van der Waals surface area (Å²) >= 11 is 1.67. The van der Waals surface area contributed by atoms with Gasteiger partial charge in [0.25, 0.3) is 0 Å². The number of hydrogen-bond donors (Lipinski definition) is 1. The first-order valence-corrected chi connectivity index (χ1v) is 10.0. The molecule has 1 aromatic carbocycles. The summed E-state index contributed by atoms with van der Waals surface area (Å²) in [7, 11) is -3.08. The summed E-state index contributed by atoms with van der Waals surface area (Å²) in [6, 6.07) is 5.94. The van der Waals surface area contributed by atoms with E-state index < -0.39 is 15.2 Å². The molecular formula is C14H21FN2O2S2. The third kappa shape index (κ3) is 4.67. The Labute approximate surface area is 129 Å². The number of halogens is 1. The maximum Gasteiger partial charge on any atom is 0.164 e. The van der Waals surface area contributed by atoms with Gasteiger partial charge < -0.3 is 5.73 Å². The van der Waals surface area contributed by atoms with Crippen LogP contribution in [0.1, 0.15) is 18.0 Å². The summed E-state index contributed by atoms with van der Waals surface area (Å²) < 4.78 is 36.5. The monoisotopic (exact) mass is 332 g/mol. The topological polar surface area (TPSA) is 63.4 Å². The van der Waals surface area contributed by atoms with Gasteiger partial charge in [0.15, 0.2) is 9.84 Å². The number of rotatable bonds is 5. The zero-order valence-corrected chi connectivity index (χ0v) is 13.7. The van der Waals surface area contributed by atoms with Crippen LogP contribution >= 0.6 is 11.8 Å². The van der Waals surface area contributed by atoms with Crippen LogP contribution < -0.4 is 5.73 Å². The Morgan fingerprint density at radius 1 is 1.43 bits per heavy atom. The van der Waals surface area contributed by atoms with Gasteiger partial charge in [0.1, 0.15) is 11.2 Å². The Morgan fingerprint density at radius 2 is 2.10 bits per heavy atom. The molecule has 1 aromatic rings. The zero-order chi connectivity index (χ0) is 15.5. The van der Waals surface area contributed by atoms with Crippen LogP contribution in [0.5, 0.6) is 0 Å². The molecule has 2 unspecified atom stereocenters. The molecule has 7 heteroatoms. The highest BCUT2D eigenvalue weighted by Crippen LogP contribution is 2.22. The minimum atomic E-state index is -3.08. The zero-order valence-electron chi connectivity index (χ0n) is 12.0. The van der Waals surface area contributed by atoms with E-state index in [1.807, 2.05) is 4.90 Å². The molecule has 1 saturated heterocycles. The number of thioether (sulfide) groups is 1. The van der Waals surface area contributed by atoms with E-state index >= 15 is 0 Å². The van der Waals surface area contributed by atoms with Gasteiger partial charge in [-0.15, -0.1) is 0 Å². The molecule has 0 spiro atoms. The molecule has 0 saturated carbocycles. The molecule has 1 aliphatic heterocycles. The van der Waals surface area contributed by atoms with Crippen molar-refractivity contribution in [3.05, 3.63) is 35.6 Å². The van der Waals surface area contributed by atoms with E-state index in [9.17, 15) is 12.8 Å². The van der Waals surface area contributed by atoms with Crippen molar-refractivity contribution in [3.8, 4) is 0 Å². The molecule has 2 N–H and O–H groups in total. The van der Waals surface area contributed by atoms with Crippen LogP contribution in [0.3, 0.4) is 0 Å². The molecule has 0 bridgehead atoms. The third-order valence-corrected chi connectivity index (χ3v) is 6.40. The summed E-state index contributed by atoms with van der Waals surface area (Å²) in [5, 5.41) is -0.420. The molecule has 0 aliphatic carbocycles. The fraction of sp³-hybridized carbons (Fsp3) is 0.571. The van der Waals surface area contributed by atoms with Crippen LogP contribution in [0.2, 0.25) is 0 Å². The Balaban J connectivity index is 1.96. The van der Waals surface area contributed by atoms with Crippen LogP contribution in [0, 0.1) is 5.82 Å². The van der Waals surface area contributed by atoms with Crippen LogP contribution in [0.25, 0.3) is 0 Å². The second kappa shape index (κ2) is 7.09. The highest BCUT2D eigenvalue weighted by atomic mass is 32.2. The Kier molecular flexibility index (Phi) is 5.65. The van der Waals surface area contributed by atoms with E-state index in [0.717, 1.165) is 17.9 Å². The van der Waals surface area contributed by atoms with Gasteiger partial charge >= 0.3 is 0 Å². The molecule has 4 nitrogen and oxygen atoms in total. The third-order valence-electron chi connectivity index (χ3n) is 3.71. The van der Waals surface area contributed by atoms with Gasteiger partial charge in [-0.1, -0.05) is 12.1 Å². The summed E-state index contributed by atoms with van der Waals surface area (Å²) in [5.74, 6) is 1.28. The van der Waals surface area contributed by atoms with E-state index in [4.69, 9.17) is 5.73 Å². The maximum absolute atomic E-state index is 12.9. The predicted molar refractivity (Wildman–Crippen MR) is 85.5 cm³/mol. The SMILES string of the molecule is CS(=O)(=O)C1CSCCN1CCC(N)c1ccc(F)cc1. The second-order valence-electron chi connectivity index (χ2n) is 5.34. The maximum atomic E-state index is 12.9. The highest BCUT2D eigenvalue weighted by Gasteiger charge is 2.30. The molecule has 0 radical (unpaired) electrons. The van der Waals surface area contributed by atoms with Crippen LogP contribution in [-0.4, -0.2) is 49.5 Å². The molecular weight excluding hydrogens is 311 g/mol. The molecule has 1 heterocycles. The van der Waals surface area contributed by atoms with Crippen molar-refractivity contribution in [3.63, 3.8) is 0 Å². The molecule has 0 aromatic heterocycles. The van der Waals surface area contributed by atoms with Crippen molar-refractivity contribution in [2.24, 2.45) is 5.73 Å². The van der Waals surface area contributed by atoms with Crippen LogP contribution in [0.4, 0.5) is 4.39 Å². The van der Waals surface area contributed by atoms with E-state index in [2.05, 4.69) is 0 Å². The van der Waals surface area contributed by atoms with E-state index in [0.29, 0.717) is 18.7 Å². The van der Waals surface area contributed by atoms with Gasteiger partial charge in [0.2, 0.25) is 0 Å². The minimum absolute atomic E-state index is 0.208. The number of hydrogen-bond acceptors (Lipinski definition) is 5. The first-order chi connectivity index (χ1) is 9.88. The van der Waals surface area contributed by atoms with E-state index in [1.54, 1.807) is 23.9 Å². The number of nitrogens with two attached hydrogens (primary N) is 1. The lowest BCUT2D eigenvalue weighted by Crippen LogP contribution is -2.47. The van der Waals surface area contributed by atoms with Gasteiger partial charge in [-0.05, 0) is 24.1 Å². The van der Waals surface area contributed by atoms with Gasteiger partial charge in [0.05, 0.1) is 0 Å². The van der Waals surface area contributed by atoms with E-state index in [1.165, 1.54) is 18.4 Å². The van der Waals surface area contributed by atoms with Crippen LogP contribution in [-0.2, 0) is 9.84 Å². The molecule has 21 heavy (non-hydrogen) atoms. The minimum Gasteiger partial charge on any atom is -0.324 e. The molecule has 1 aliphatic rings. The Morgan fingerprint density at radius 3 is 2.71 bits per heavy atom. The average Bonchev–Trinajstić information content (AvgIpc) is 2.45. The lowest BCUT2D eigenvalue weighted by molar-refractivity contribution is 0.260. The summed E-state index contributed by atoms with van der Waals surface area (Å²) in [4.78, 5) is 2.00. The van der Waals surface area contributed by atoms with Crippen molar-refractivity contribution in [1.29, 1.82) is 0 Å². The quantitative estimate of drug-likeness (QED) is 0.888. The van der Waals surface area contributed by atoms with Crippen molar-refractivity contribution in [2.75, 3.05) is 30.9 Å². The molecule has 1 fully saturated rings. The van der Waals surface area contributed by atoms with Crippen LogP contribution in [0.15, 0.2) is 24.3 Å². The van der Waals surface area contributed by atoms with Crippen molar-refractivity contribution >= 4 is 21.6 Å². The summed E-state index contributed by atoms with van der Waals surface area (Å²) in [5.41, 5.74) is 6.99. The molecule has 118 valence electrons. The van der Waals surface area contributed by atoms with Gasteiger partial charge in [-0.25, -0.2) is 12.8 Å². The molecule has 0 amide bonds. The van der Waals surface area contributed by atoms with Crippen molar-refractivity contribution in [2.45, 2.75) is 17.8 Å². The summed E-state index contributed by atoms with van der Waals surface area (Å²) in [6.45, 7) is 1.40. The van der Waals surface area contributed by atoms with Gasteiger partial charge in [-0.3, -0.25) is 4.90 Å². The highest BCUT2D eigenvalue weighted by molar-refractivity contribution is 8.00. The second-order valence-corrected chi connectivity index (χ2v) is 8.69. The number of benzene rings is 1. The standard InChI is InChI=1S/C14H21FN2O2S2/c1-21(18,19)14-10-20-9-8-17(14)7-6-13(16)11-2-4-12(15)5-3-11/h2-5,13-14H,6-10,16H2,1H3. The fourth-order valence-electron chi connectivity index (χ4n) is 2.45. The van der Waals surface area contributed by atoms with Crippen molar-refractivity contribution < 1.29 is 12.8 Å². The largest absolute Gasteiger partial charge is 0.324 e. The molecule has 2 atom stereocenters. The lowest BCUT2D eigenvalue weighted by atomic mass is 10.0. The lowest BCUT2D eigenvalue weighted by Gasteiger charge is -2.34. The average molecular weight is 332 g/mol. The van der Waals surface area contributed by atoms with Gasteiger partial charge in [0, 0.05) is 36.9 Å². The Hall–Kier alpha value is -0.630. The first-order valence-electron chi connectivity index (χ1n) is 6.89. The van der Waals surface area contributed by atoms with Crippen molar-refractivity contribution in [1.82, 2.24) is 4.90 Å². The number of nitrogens with zero attached hydrogens (tertiary/aromatic N) is 1. The number of sulfone groups is 1. The smallest absolute Gasteiger partial charge is 0.164 e. The summed E-state index contributed by atoms with van der Waals surface area (Å²) in [6.07, 6.45) is 1.94. The Bertz CT molecular complexity index is 563. The fourth-order valence-corrected chi connectivity index (χ4v) is 5.42. The van der Waals surface area contributed by atoms with E-state index in [-0.39, 0.29) is 11.9 Å². The van der Waals surface area contributed by atoms with Gasteiger partial charge in [-0.2, -0.15) is 11.8 Å². The normalized spacial score (nSPS) is 22.1.